The maximum absolute atomic E-state index is 13.8. The van der Waals surface area contributed by atoms with Gasteiger partial charge >= 0.3 is 6.36 Å². The van der Waals surface area contributed by atoms with Gasteiger partial charge in [0.25, 0.3) is 0 Å². The fraction of sp³-hybridized carbons (Fsp3) is 0.458. The number of phenolic OH excluding ortho intramolecular Hbond substituents is 1. The molecule has 2 saturated heterocycles. The number of phenols is 1. The van der Waals surface area contributed by atoms with Crippen molar-refractivity contribution in [3.63, 3.8) is 0 Å². The minimum Gasteiger partial charge on any atom is -0.508 e. The van der Waals surface area contributed by atoms with Crippen LogP contribution in [0.3, 0.4) is 0 Å². The van der Waals surface area contributed by atoms with E-state index in [0.717, 1.165) is 12.1 Å². The van der Waals surface area contributed by atoms with Gasteiger partial charge in [0.1, 0.15) is 23.4 Å². The molecule has 0 atom stereocenters. The van der Waals surface area contributed by atoms with Crippen molar-refractivity contribution in [2.75, 3.05) is 31.5 Å². The second-order valence-electron chi connectivity index (χ2n) is 8.99. The molecule has 0 aromatic heterocycles. The number of ether oxygens (including phenoxy) is 2. The summed E-state index contributed by atoms with van der Waals surface area (Å²) >= 11 is 0. The van der Waals surface area contributed by atoms with E-state index in [2.05, 4.69) is 15.4 Å². The topological polar surface area (TPSA) is 117 Å². The first-order valence-electron chi connectivity index (χ1n) is 11.8. The number of halogens is 3. The Kier molecular flexibility index (Phi) is 7.85. The van der Waals surface area contributed by atoms with Crippen molar-refractivity contribution >= 4 is 21.6 Å². The molecule has 0 unspecified atom stereocenters. The molecule has 4 rings (SSSR count). The quantitative estimate of drug-likeness (QED) is 0.459. The van der Waals surface area contributed by atoms with Crippen LogP contribution in [0.25, 0.3) is 0 Å². The molecule has 9 nitrogen and oxygen atoms in total. The Hall–Kier alpha value is -3.03. The third kappa shape index (κ3) is 6.28. The summed E-state index contributed by atoms with van der Waals surface area (Å²) in [6.07, 6.45) is -4.19. The van der Waals surface area contributed by atoms with Crippen LogP contribution in [0.4, 0.5) is 18.9 Å². The highest BCUT2D eigenvalue weighted by atomic mass is 32.2. The predicted octanol–water partition coefficient (Wildman–Crippen LogP) is 3.22. The number of nitrogens with zero attached hydrogens (tertiary/aromatic N) is 1. The average molecular weight is 544 g/mol. The molecule has 0 aliphatic carbocycles. The number of amides is 1. The predicted molar refractivity (Wildman–Crippen MR) is 129 cm³/mol. The standard InChI is InChI=1S/C24H28F3N3O6S/c25-24(26,27)36-21-7-5-19(6-8-21)35-20-9-15-30(16-10-20)37(33,34)23(11-13-28-14-12-23)22(32)29-17-1-3-18(31)4-2-17/h1-8,20,28,31H,9-16H2,(H,29,32). The Balaban J connectivity index is 1.41. The summed E-state index contributed by atoms with van der Waals surface area (Å²) < 4.78 is 74.0. The van der Waals surface area contributed by atoms with Crippen LogP contribution in [0.5, 0.6) is 17.2 Å². The number of piperidine rings is 2. The van der Waals surface area contributed by atoms with Gasteiger partial charge in [-0.25, -0.2) is 12.7 Å². The van der Waals surface area contributed by atoms with Crippen LogP contribution in [0.2, 0.25) is 0 Å². The second-order valence-corrected chi connectivity index (χ2v) is 11.2. The summed E-state index contributed by atoms with van der Waals surface area (Å²) in [5.74, 6) is -0.602. The molecule has 202 valence electrons. The SMILES string of the molecule is O=C(Nc1ccc(O)cc1)C1(S(=O)(=O)N2CCC(Oc3ccc(OC(F)(F)F)cc3)CC2)CCNCC1. The van der Waals surface area contributed by atoms with E-state index < -0.39 is 27.0 Å². The van der Waals surface area contributed by atoms with Gasteiger partial charge in [-0.05, 0) is 87.3 Å². The van der Waals surface area contributed by atoms with Crippen LogP contribution in [0.1, 0.15) is 25.7 Å². The maximum atomic E-state index is 13.8. The van der Waals surface area contributed by atoms with E-state index in [9.17, 15) is 31.5 Å². The van der Waals surface area contributed by atoms with Crippen LogP contribution >= 0.6 is 0 Å². The molecule has 37 heavy (non-hydrogen) atoms. The Morgan fingerprint density at radius 3 is 2.14 bits per heavy atom. The Morgan fingerprint density at radius 1 is 1.00 bits per heavy atom. The van der Waals surface area contributed by atoms with Gasteiger partial charge in [0.15, 0.2) is 4.75 Å². The molecule has 0 spiro atoms. The maximum Gasteiger partial charge on any atom is 0.573 e. The zero-order valence-electron chi connectivity index (χ0n) is 19.8. The zero-order chi connectivity index (χ0) is 26.7. The largest absolute Gasteiger partial charge is 0.573 e. The fourth-order valence-electron chi connectivity index (χ4n) is 4.57. The van der Waals surface area contributed by atoms with E-state index in [1.807, 2.05) is 0 Å². The van der Waals surface area contributed by atoms with Crippen LogP contribution in [0, 0.1) is 0 Å². The molecular weight excluding hydrogens is 515 g/mol. The third-order valence-corrected chi connectivity index (χ3v) is 9.17. The number of carbonyl (C=O) groups excluding carboxylic acids is 1. The van der Waals surface area contributed by atoms with Crippen molar-refractivity contribution in [1.29, 1.82) is 0 Å². The van der Waals surface area contributed by atoms with Crippen molar-refractivity contribution in [3.05, 3.63) is 48.5 Å². The summed E-state index contributed by atoms with van der Waals surface area (Å²) in [5, 5.41) is 15.3. The fourth-order valence-corrected chi connectivity index (χ4v) is 6.76. The van der Waals surface area contributed by atoms with E-state index in [-0.39, 0.29) is 43.5 Å². The minimum atomic E-state index is -4.78. The van der Waals surface area contributed by atoms with Gasteiger partial charge in [-0.1, -0.05) is 0 Å². The van der Waals surface area contributed by atoms with E-state index in [1.165, 1.54) is 40.7 Å². The van der Waals surface area contributed by atoms with Gasteiger partial charge in [-0.3, -0.25) is 4.79 Å². The smallest absolute Gasteiger partial charge is 0.508 e. The zero-order valence-corrected chi connectivity index (χ0v) is 20.6. The molecule has 2 aliphatic rings. The van der Waals surface area contributed by atoms with Gasteiger partial charge in [-0.2, -0.15) is 0 Å². The molecule has 2 aromatic rings. The first kappa shape index (κ1) is 27.0. The van der Waals surface area contributed by atoms with E-state index >= 15 is 0 Å². The molecule has 2 fully saturated rings. The van der Waals surface area contributed by atoms with Crippen molar-refractivity contribution in [2.24, 2.45) is 0 Å². The van der Waals surface area contributed by atoms with Gasteiger partial charge < -0.3 is 25.2 Å². The Morgan fingerprint density at radius 2 is 1.57 bits per heavy atom. The second kappa shape index (κ2) is 10.8. The lowest BCUT2D eigenvalue weighted by molar-refractivity contribution is -0.274. The number of benzene rings is 2. The highest BCUT2D eigenvalue weighted by molar-refractivity contribution is 7.91. The first-order chi connectivity index (χ1) is 17.5. The number of sulfonamides is 1. The number of hydrogen-bond acceptors (Lipinski definition) is 7. The van der Waals surface area contributed by atoms with Crippen LogP contribution in [0.15, 0.2) is 48.5 Å². The number of nitrogens with one attached hydrogen (secondary N) is 2. The third-order valence-electron chi connectivity index (χ3n) is 6.54. The highest BCUT2D eigenvalue weighted by Gasteiger charge is 2.54. The van der Waals surface area contributed by atoms with Crippen LogP contribution in [-0.4, -0.2) is 67.1 Å². The molecule has 0 bridgehead atoms. The van der Waals surface area contributed by atoms with Gasteiger partial charge in [-0.15, -0.1) is 13.2 Å². The lowest BCUT2D eigenvalue weighted by atomic mass is 9.95. The lowest BCUT2D eigenvalue weighted by Gasteiger charge is -2.41. The molecule has 0 saturated carbocycles. The van der Waals surface area contributed by atoms with Crippen LogP contribution in [-0.2, 0) is 14.8 Å². The molecule has 3 N–H and O–H groups in total. The van der Waals surface area contributed by atoms with Gasteiger partial charge in [0.05, 0.1) is 0 Å². The summed E-state index contributed by atoms with van der Waals surface area (Å²) in [6.45, 7) is 1.03. The number of rotatable bonds is 7. The summed E-state index contributed by atoms with van der Waals surface area (Å²) in [7, 11) is -4.04. The van der Waals surface area contributed by atoms with Crippen LogP contribution < -0.4 is 20.1 Å². The minimum absolute atomic E-state index is 0.0258. The van der Waals surface area contributed by atoms with Gasteiger partial charge in [0, 0.05) is 18.8 Å². The average Bonchev–Trinajstić information content (AvgIpc) is 2.86. The van der Waals surface area contributed by atoms with Crippen molar-refractivity contribution in [2.45, 2.75) is 42.9 Å². The molecule has 2 aliphatic heterocycles. The van der Waals surface area contributed by atoms with Crippen molar-refractivity contribution < 1.29 is 41.0 Å². The molecular formula is C24H28F3N3O6S. The van der Waals surface area contributed by atoms with E-state index in [0.29, 0.717) is 37.4 Å². The molecule has 1 amide bonds. The Labute approximate surface area is 212 Å². The number of anilines is 1. The monoisotopic (exact) mass is 543 g/mol. The highest BCUT2D eigenvalue weighted by Crippen LogP contribution is 2.35. The molecule has 2 aromatic carbocycles. The Bertz CT molecular complexity index is 1180. The normalized spacial score (nSPS) is 19.2. The molecule has 2 heterocycles. The molecule has 0 radical (unpaired) electrons. The van der Waals surface area contributed by atoms with Gasteiger partial charge in [0.2, 0.25) is 15.9 Å². The number of alkyl halides is 3. The summed E-state index contributed by atoms with van der Waals surface area (Å²) in [4.78, 5) is 13.4. The number of hydrogen-bond donors (Lipinski definition) is 3. The summed E-state index contributed by atoms with van der Waals surface area (Å²) in [5.41, 5.74) is 0.384. The first-order valence-corrected chi connectivity index (χ1v) is 13.3. The van der Waals surface area contributed by atoms with Crippen molar-refractivity contribution in [1.82, 2.24) is 9.62 Å². The lowest BCUT2D eigenvalue weighted by Crippen LogP contribution is -2.61. The summed E-state index contributed by atoms with van der Waals surface area (Å²) in [6, 6.07) is 10.8. The number of aromatic hydroxyl groups is 1. The molecule has 13 heteroatoms. The number of carbonyl (C=O) groups is 1. The van der Waals surface area contributed by atoms with Crippen molar-refractivity contribution in [3.8, 4) is 17.2 Å². The van der Waals surface area contributed by atoms with E-state index in [4.69, 9.17) is 4.74 Å². The van der Waals surface area contributed by atoms with E-state index in [1.54, 1.807) is 0 Å².